The second-order valence-electron chi connectivity index (χ2n) is 3.55. The summed E-state index contributed by atoms with van der Waals surface area (Å²) in [5.41, 5.74) is 2.63. The van der Waals surface area contributed by atoms with E-state index < -0.39 is 4.92 Å². The Kier molecular flexibility index (Phi) is 3.56. The summed E-state index contributed by atoms with van der Waals surface area (Å²) < 4.78 is 0. The maximum absolute atomic E-state index is 11.0. The number of aromatic nitrogens is 2. The fraction of sp³-hybridized carbons (Fsp3) is 0.500. The number of hydrogen-bond donors (Lipinski definition) is 1. The topological polar surface area (TPSA) is 87.4 Å². The first-order valence-corrected chi connectivity index (χ1v) is 4.54. The lowest BCUT2D eigenvalue weighted by molar-refractivity contribution is -0.383. The Morgan fingerprint density at radius 1 is 1.31 bits per heavy atom. The van der Waals surface area contributed by atoms with Crippen molar-refractivity contribution in [1.82, 2.24) is 15.0 Å². The number of anilines is 2. The number of nitrogens with zero attached hydrogens (tertiary/aromatic N) is 5. The molecule has 8 nitrogen and oxygen atoms in total. The van der Waals surface area contributed by atoms with Crippen molar-refractivity contribution in [1.29, 1.82) is 0 Å². The smallest absolute Gasteiger partial charge is 0.354 e. The molecule has 0 aromatic carbocycles. The third kappa shape index (κ3) is 2.54. The molecule has 16 heavy (non-hydrogen) atoms. The van der Waals surface area contributed by atoms with E-state index in [1.54, 1.807) is 38.1 Å². The molecule has 0 saturated carbocycles. The van der Waals surface area contributed by atoms with Gasteiger partial charge in [-0.25, -0.2) is 15.0 Å². The van der Waals surface area contributed by atoms with Gasteiger partial charge in [-0.05, 0) is 0 Å². The fourth-order valence-corrected chi connectivity index (χ4v) is 1.16. The van der Waals surface area contributed by atoms with Crippen LogP contribution in [0, 0.1) is 10.1 Å². The van der Waals surface area contributed by atoms with E-state index in [1.165, 1.54) is 6.33 Å². The highest BCUT2D eigenvalue weighted by Crippen LogP contribution is 2.30. The molecule has 0 aliphatic rings. The molecule has 0 unspecified atom stereocenters. The van der Waals surface area contributed by atoms with E-state index in [0.717, 1.165) is 0 Å². The van der Waals surface area contributed by atoms with Crippen molar-refractivity contribution >= 4 is 17.3 Å². The quantitative estimate of drug-likeness (QED) is 0.585. The number of rotatable bonds is 4. The first-order valence-electron chi connectivity index (χ1n) is 4.54. The molecule has 1 rings (SSSR count). The van der Waals surface area contributed by atoms with Crippen molar-refractivity contribution in [2.75, 3.05) is 38.5 Å². The molecular formula is C8H14N6O2. The van der Waals surface area contributed by atoms with Crippen LogP contribution in [0.25, 0.3) is 0 Å². The molecule has 0 saturated heterocycles. The van der Waals surface area contributed by atoms with Gasteiger partial charge in [-0.3, -0.25) is 15.5 Å². The zero-order valence-electron chi connectivity index (χ0n) is 9.63. The minimum Gasteiger partial charge on any atom is -0.357 e. The van der Waals surface area contributed by atoms with E-state index in [9.17, 15) is 10.1 Å². The normalized spacial score (nSPS) is 10.3. The van der Waals surface area contributed by atoms with Gasteiger partial charge in [-0.15, -0.1) is 0 Å². The number of nitro groups is 1. The average Bonchev–Trinajstić information content (AvgIpc) is 2.15. The maximum Gasteiger partial charge on any atom is 0.354 e. The van der Waals surface area contributed by atoms with Gasteiger partial charge in [0.1, 0.15) is 6.33 Å². The number of hydrazine groups is 1. The van der Waals surface area contributed by atoms with Crippen LogP contribution >= 0.6 is 0 Å². The zero-order chi connectivity index (χ0) is 12.3. The Balaban J connectivity index is 3.27. The summed E-state index contributed by atoms with van der Waals surface area (Å²) in [7, 11) is 6.83. The molecule has 0 atom stereocenters. The van der Waals surface area contributed by atoms with Gasteiger partial charge in [0, 0.05) is 28.2 Å². The highest BCUT2D eigenvalue weighted by molar-refractivity contribution is 5.69. The minimum absolute atomic E-state index is 0.138. The Bertz CT molecular complexity index is 392. The molecule has 0 aliphatic carbocycles. The van der Waals surface area contributed by atoms with Crippen LogP contribution in [0.15, 0.2) is 6.33 Å². The highest BCUT2D eigenvalue weighted by atomic mass is 16.6. The van der Waals surface area contributed by atoms with Gasteiger partial charge in [0.15, 0.2) is 0 Å². The van der Waals surface area contributed by atoms with Crippen molar-refractivity contribution in [3.8, 4) is 0 Å². The molecule has 0 bridgehead atoms. The Morgan fingerprint density at radius 2 is 1.94 bits per heavy atom. The third-order valence-electron chi connectivity index (χ3n) is 1.74. The van der Waals surface area contributed by atoms with Crippen LogP contribution in [0.3, 0.4) is 0 Å². The molecule has 0 aliphatic heterocycles. The molecular weight excluding hydrogens is 212 g/mol. The second kappa shape index (κ2) is 4.71. The summed E-state index contributed by atoms with van der Waals surface area (Å²) in [5, 5.41) is 12.5. The molecule has 0 radical (unpaired) electrons. The molecule has 1 heterocycles. The van der Waals surface area contributed by atoms with Crippen LogP contribution in [-0.4, -0.2) is 48.1 Å². The fourth-order valence-electron chi connectivity index (χ4n) is 1.16. The van der Waals surface area contributed by atoms with Gasteiger partial charge in [0.2, 0.25) is 11.6 Å². The van der Waals surface area contributed by atoms with Crippen LogP contribution in [0.4, 0.5) is 17.3 Å². The van der Waals surface area contributed by atoms with Gasteiger partial charge in [-0.1, -0.05) is 0 Å². The van der Waals surface area contributed by atoms with E-state index >= 15 is 0 Å². The van der Waals surface area contributed by atoms with Gasteiger partial charge in [0.25, 0.3) is 0 Å². The minimum atomic E-state index is -0.499. The summed E-state index contributed by atoms with van der Waals surface area (Å²) in [6.07, 6.45) is 1.29. The molecule has 88 valence electrons. The Labute approximate surface area is 93.0 Å². The van der Waals surface area contributed by atoms with Crippen molar-refractivity contribution in [2.24, 2.45) is 0 Å². The van der Waals surface area contributed by atoms with Gasteiger partial charge >= 0.3 is 5.69 Å². The first kappa shape index (κ1) is 12.1. The molecule has 1 aromatic heterocycles. The Morgan fingerprint density at radius 3 is 2.38 bits per heavy atom. The number of nitrogens with one attached hydrogen (secondary N) is 1. The first-order chi connectivity index (χ1) is 7.43. The number of hydrogen-bond acceptors (Lipinski definition) is 7. The molecule has 1 N–H and O–H groups in total. The summed E-state index contributed by atoms with van der Waals surface area (Å²) in [5.74, 6) is 0.443. The van der Waals surface area contributed by atoms with Gasteiger partial charge in [-0.2, -0.15) is 0 Å². The monoisotopic (exact) mass is 226 g/mol. The lowest BCUT2D eigenvalue weighted by Crippen LogP contribution is -2.22. The van der Waals surface area contributed by atoms with E-state index in [-0.39, 0.29) is 17.3 Å². The van der Waals surface area contributed by atoms with Crippen molar-refractivity contribution < 1.29 is 4.92 Å². The van der Waals surface area contributed by atoms with E-state index in [2.05, 4.69) is 15.4 Å². The van der Waals surface area contributed by atoms with Crippen molar-refractivity contribution in [2.45, 2.75) is 0 Å². The van der Waals surface area contributed by atoms with Crippen LogP contribution in [0.5, 0.6) is 0 Å². The SMILES string of the molecule is CN(C)Nc1ncnc(N(C)C)c1[N+](=O)[O-]. The second-order valence-corrected chi connectivity index (χ2v) is 3.55. The van der Waals surface area contributed by atoms with Crippen LogP contribution < -0.4 is 10.3 Å². The lowest BCUT2D eigenvalue weighted by atomic mass is 10.4. The molecule has 1 aromatic rings. The summed E-state index contributed by atoms with van der Waals surface area (Å²) in [4.78, 5) is 19.8. The van der Waals surface area contributed by atoms with Crippen molar-refractivity contribution in [3.63, 3.8) is 0 Å². The van der Waals surface area contributed by atoms with Crippen LogP contribution in [0.2, 0.25) is 0 Å². The van der Waals surface area contributed by atoms with Crippen molar-refractivity contribution in [3.05, 3.63) is 16.4 Å². The summed E-state index contributed by atoms with van der Waals surface area (Å²) >= 11 is 0. The molecule has 8 heteroatoms. The third-order valence-corrected chi connectivity index (χ3v) is 1.74. The largest absolute Gasteiger partial charge is 0.357 e. The summed E-state index contributed by atoms with van der Waals surface area (Å²) in [6.45, 7) is 0. The lowest BCUT2D eigenvalue weighted by Gasteiger charge is -2.16. The molecule has 0 spiro atoms. The predicted molar refractivity (Wildman–Crippen MR) is 60.3 cm³/mol. The maximum atomic E-state index is 11.0. The van der Waals surface area contributed by atoms with Crippen LogP contribution in [-0.2, 0) is 0 Å². The summed E-state index contributed by atoms with van der Waals surface area (Å²) in [6, 6.07) is 0. The van der Waals surface area contributed by atoms with Crippen LogP contribution in [0.1, 0.15) is 0 Å². The molecule has 0 amide bonds. The van der Waals surface area contributed by atoms with Gasteiger partial charge < -0.3 is 4.90 Å². The Hall–Kier alpha value is -1.96. The predicted octanol–water partition coefficient (Wildman–Crippen LogP) is 0.339. The highest BCUT2D eigenvalue weighted by Gasteiger charge is 2.24. The van der Waals surface area contributed by atoms with E-state index in [1.807, 2.05) is 0 Å². The zero-order valence-corrected chi connectivity index (χ0v) is 9.63. The van der Waals surface area contributed by atoms with E-state index in [4.69, 9.17) is 0 Å². The van der Waals surface area contributed by atoms with Gasteiger partial charge in [0.05, 0.1) is 4.92 Å². The standard InChI is InChI=1S/C8H14N6O2/c1-12(2)8-6(14(15)16)7(9-5-10-8)11-13(3)4/h5H,1-4H3,(H,9,10,11). The van der Waals surface area contributed by atoms with E-state index in [0.29, 0.717) is 0 Å². The molecule has 0 fully saturated rings. The average molecular weight is 226 g/mol.